The summed E-state index contributed by atoms with van der Waals surface area (Å²) < 4.78 is 16.9. The number of amides is 1. The number of H-pyrrole nitrogens is 1. The van der Waals surface area contributed by atoms with Crippen LogP contribution in [0.3, 0.4) is 0 Å². The van der Waals surface area contributed by atoms with Gasteiger partial charge in [-0.05, 0) is 0 Å². The van der Waals surface area contributed by atoms with Crippen molar-refractivity contribution in [2.75, 3.05) is 18.1 Å². The number of carboxylic acid groups (broad SMARTS) is 1. The van der Waals surface area contributed by atoms with Crippen molar-refractivity contribution in [1.29, 1.82) is 0 Å². The lowest BCUT2D eigenvalue weighted by atomic mass is 10.1. The van der Waals surface area contributed by atoms with Crippen molar-refractivity contribution in [2.45, 2.75) is 42.7 Å². The van der Waals surface area contributed by atoms with Crippen LogP contribution in [-0.4, -0.2) is 88.1 Å². The molecular weight excluding hydrogens is 487 g/mol. The first-order chi connectivity index (χ1) is 15.5. The molecule has 2 aliphatic heterocycles. The van der Waals surface area contributed by atoms with Crippen LogP contribution in [0.4, 0.5) is 5.95 Å². The van der Waals surface area contributed by atoms with Gasteiger partial charge >= 0.3 is 14.1 Å². The Bertz CT molecular complexity index is 1160. The summed E-state index contributed by atoms with van der Waals surface area (Å²) in [7, 11) is -4.14. The number of thioether (sulfide) groups is 1. The lowest BCUT2D eigenvalue weighted by molar-refractivity contribution is -0.140. The number of nitrogens with two attached hydrogens (primary N) is 1. The van der Waals surface area contributed by atoms with Crippen LogP contribution in [0.1, 0.15) is 13.2 Å². The van der Waals surface area contributed by atoms with Crippen LogP contribution < -0.4 is 16.6 Å². The first-order valence-electron chi connectivity index (χ1n) is 9.38. The molecule has 8 N–H and O–H groups in total. The average Bonchev–Trinajstić information content (AvgIpc) is 3.21. The zero-order chi connectivity index (χ0) is 24.1. The van der Waals surface area contributed by atoms with Gasteiger partial charge in [0, 0.05) is 12.7 Å². The van der Waals surface area contributed by atoms with E-state index < -0.39 is 56.2 Å². The molecule has 2 fully saturated rings. The number of nitrogens with one attached hydrogen (secondary N) is 2. The number of aliphatic hydroxyl groups excluding tert-OH is 1. The number of aliphatic carboxylic acids is 1. The normalized spacial score (nSPS) is 27.3. The number of ether oxygens (including phenoxy) is 1. The van der Waals surface area contributed by atoms with Gasteiger partial charge in [-0.15, -0.1) is 4.52 Å². The minimum atomic E-state index is -4.14. The molecule has 0 aromatic carbocycles. The van der Waals surface area contributed by atoms with Crippen LogP contribution in [0.2, 0.25) is 0 Å². The van der Waals surface area contributed by atoms with E-state index in [9.17, 15) is 34.4 Å². The molecule has 0 radical (unpaired) electrons. The van der Waals surface area contributed by atoms with Crippen LogP contribution in [-0.2, 0) is 23.4 Å². The van der Waals surface area contributed by atoms with Crippen molar-refractivity contribution in [2.24, 2.45) is 0 Å². The van der Waals surface area contributed by atoms with Crippen molar-refractivity contribution in [3.05, 3.63) is 10.4 Å². The van der Waals surface area contributed by atoms with Gasteiger partial charge in [-0.3, -0.25) is 19.1 Å². The smallest absolute Gasteiger partial charge is 0.480 e. The quantitative estimate of drug-likeness (QED) is 0.161. The fourth-order valence-electron chi connectivity index (χ4n) is 3.45. The Morgan fingerprint density at radius 1 is 1.42 bits per heavy atom. The summed E-state index contributed by atoms with van der Waals surface area (Å²) in [4.78, 5) is 65.1. The first-order valence-corrected chi connectivity index (χ1v) is 11.9. The highest BCUT2D eigenvalue weighted by molar-refractivity contribution is 7.99. The van der Waals surface area contributed by atoms with Gasteiger partial charge in [-0.2, -0.15) is 19.3 Å². The molecule has 0 aliphatic carbocycles. The monoisotopic (exact) mass is 507 g/mol. The van der Waals surface area contributed by atoms with E-state index in [1.54, 1.807) is 0 Å². The Morgan fingerprint density at radius 3 is 2.82 bits per heavy atom. The summed E-state index contributed by atoms with van der Waals surface area (Å²) in [5.41, 5.74) is 4.74. The van der Waals surface area contributed by atoms with Gasteiger partial charge in [0.2, 0.25) is 11.9 Å². The zero-order valence-corrected chi connectivity index (χ0v) is 18.5. The predicted molar refractivity (Wildman–Crippen MR) is 111 cm³/mol. The van der Waals surface area contributed by atoms with E-state index in [1.165, 1.54) is 11.5 Å². The largest absolute Gasteiger partial charge is 0.570 e. The van der Waals surface area contributed by atoms with Gasteiger partial charge in [0.15, 0.2) is 28.7 Å². The fraction of sp³-hybridized carbons (Fsp3) is 0.533. The molecule has 180 valence electrons. The van der Waals surface area contributed by atoms with Gasteiger partial charge in [-0.1, -0.05) is 11.8 Å². The minimum absolute atomic E-state index is 0.0304. The minimum Gasteiger partial charge on any atom is -0.480 e. The predicted octanol–water partition coefficient (Wildman–Crippen LogP) is -2.28. The van der Waals surface area contributed by atoms with E-state index in [0.717, 1.165) is 11.8 Å². The second-order valence-corrected chi connectivity index (χ2v) is 9.64. The number of aliphatic hydroxyl groups is 1. The Balaban J connectivity index is 1.73. The molecule has 0 spiro atoms. The second-order valence-electron chi connectivity index (χ2n) is 7.20. The van der Waals surface area contributed by atoms with Gasteiger partial charge in [0.1, 0.15) is 24.9 Å². The van der Waals surface area contributed by atoms with Crippen molar-refractivity contribution in [1.82, 2.24) is 24.8 Å². The Labute approximate surface area is 188 Å². The van der Waals surface area contributed by atoms with E-state index in [4.69, 9.17) is 19.5 Å². The summed E-state index contributed by atoms with van der Waals surface area (Å²) in [6, 6.07) is -1.28. The van der Waals surface area contributed by atoms with E-state index >= 15 is 0 Å². The summed E-state index contributed by atoms with van der Waals surface area (Å²) in [5.74, 6) is -2.28. The number of fused-ring (bicyclic) bond motifs is 2. The number of aromatic amines is 1. The van der Waals surface area contributed by atoms with Gasteiger partial charge in [-0.25, -0.2) is 9.78 Å². The number of nitrogens with zero attached hydrogens (tertiary/aromatic N) is 3. The molecule has 18 heteroatoms. The van der Waals surface area contributed by atoms with E-state index in [0.29, 0.717) is 0 Å². The number of nitrogen functional groups attached to an aromatic ring is 1. The number of anilines is 1. The molecule has 1 amide bonds. The lowest BCUT2D eigenvalue weighted by Crippen LogP contribution is -2.41. The number of carbonyl (C=O) groups is 2. The molecule has 2 aromatic heterocycles. The molecule has 2 saturated heterocycles. The summed E-state index contributed by atoms with van der Waals surface area (Å²) in [5, 5.41) is 22.5. The third kappa shape index (κ3) is 4.67. The molecule has 4 rings (SSSR count). The molecule has 33 heavy (non-hydrogen) atoms. The molecule has 0 bridgehead atoms. The van der Waals surface area contributed by atoms with Crippen molar-refractivity contribution in [3.63, 3.8) is 0 Å². The van der Waals surface area contributed by atoms with E-state index in [1.807, 2.05) is 0 Å². The summed E-state index contributed by atoms with van der Waals surface area (Å²) >= 11 is 0.855. The standard InChI is InChI=1S/C15H19N6O10PS/c1-4(22)17-5(13(25)26)3-33-15-18-7-10(19-14(16)20-11(7)24)21(15)12-8(23)9-6(30-12)2-29-32(27,28)31-9/h5-6,8-9,12,23,27-28H,2-3H2,1H3,(H4-,16,17,19,20,22,24,25,26)/p+1/t5-,6?,8?,9?,12?/m0/s1. The van der Waals surface area contributed by atoms with Crippen molar-refractivity contribution >= 4 is 48.9 Å². The van der Waals surface area contributed by atoms with Crippen LogP contribution >= 0.6 is 19.9 Å². The van der Waals surface area contributed by atoms with Crippen LogP contribution in [0.5, 0.6) is 0 Å². The van der Waals surface area contributed by atoms with Crippen LogP contribution in [0, 0.1) is 0 Å². The maximum Gasteiger partial charge on any atom is 0.570 e. The first kappa shape index (κ1) is 23.8. The molecule has 4 unspecified atom stereocenters. The highest BCUT2D eigenvalue weighted by atomic mass is 32.2. The molecular formula is C15H20N6O10PS+. The number of rotatable bonds is 6. The van der Waals surface area contributed by atoms with Crippen molar-refractivity contribution < 1.29 is 43.4 Å². The zero-order valence-electron chi connectivity index (χ0n) is 16.8. The fourth-order valence-corrected chi connectivity index (χ4v) is 5.45. The number of carbonyl (C=O) groups excluding carboxylic acids is 1. The third-order valence-corrected chi connectivity index (χ3v) is 6.87. The van der Waals surface area contributed by atoms with Crippen LogP contribution in [0.25, 0.3) is 11.2 Å². The topological polar surface area (TPSA) is 244 Å². The van der Waals surface area contributed by atoms with E-state index in [-0.39, 0.29) is 34.6 Å². The number of imidazole rings is 1. The molecule has 16 nitrogen and oxygen atoms in total. The Hall–Kier alpha value is -2.37. The highest BCUT2D eigenvalue weighted by Gasteiger charge is 2.60. The maximum atomic E-state index is 12.4. The Kier molecular flexibility index (Phi) is 6.32. The molecule has 2 aliphatic rings. The van der Waals surface area contributed by atoms with Gasteiger partial charge in [0.25, 0.3) is 5.56 Å². The molecule has 4 heterocycles. The number of aromatic nitrogens is 4. The number of carboxylic acids is 1. The Morgan fingerprint density at radius 2 is 2.15 bits per heavy atom. The molecule has 2 aromatic rings. The number of hydrogen-bond donors (Lipinski definition) is 7. The highest BCUT2D eigenvalue weighted by Crippen LogP contribution is 2.59. The SMILES string of the molecule is CC(=O)N[C@@H](CSc1nc2c(=O)[nH]c(N)nc2n1C1OC2CO[P+](O)(O)OC2C1O)C(=O)O. The maximum absolute atomic E-state index is 12.4. The summed E-state index contributed by atoms with van der Waals surface area (Å²) in [6.45, 7) is 0.882. The van der Waals surface area contributed by atoms with Crippen molar-refractivity contribution in [3.8, 4) is 0 Å². The lowest BCUT2D eigenvalue weighted by Gasteiger charge is -2.24. The number of hydrogen-bond acceptors (Lipinski definition) is 13. The van der Waals surface area contributed by atoms with E-state index in [2.05, 4.69) is 20.3 Å². The average molecular weight is 507 g/mol. The van der Waals surface area contributed by atoms with Crippen LogP contribution in [0.15, 0.2) is 9.95 Å². The summed E-state index contributed by atoms with van der Waals surface area (Å²) in [6.07, 6.45) is -4.81. The second kappa shape index (κ2) is 8.77. The molecule has 0 saturated carbocycles. The third-order valence-electron chi connectivity index (χ3n) is 4.82. The van der Waals surface area contributed by atoms with Gasteiger partial charge in [0.05, 0.1) is 0 Å². The van der Waals surface area contributed by atoms with Gasteiger partial charge < -0.3 is 26.0 Å². The molecule has 5 atom stereocenters.